The second kappa shape index (κ2) is 12.6. The zero-order valence-electron chi connectivity index (χ0n) is 24.5. The van der Waals surface area contributed by atoms with Crippen LogP contribution in [0.25, 0.3) is 16.7 Å². The highest BCUT2D eigenvalue weighted by Gasteiger charge is 2.34. The molecule has 4 nitrogen and oxygen atoms in total. The Morgan fingerprint density at radius 2 is 1.40 bits per heavy atom. The Morgan fingerprint density at radius 3 is 2.02 bits per heavy atom. The van der Waals surface area contributed by atoms with E-state index in [1.54, 1.807) is 12.1 Å². The summed E-state index contributed by atoms with van der Waals surface area (Å²) in [7, 11) is 0. The molecule has 3 aliphatic rings. The lowest BCUT2D eigenvalue weighted by atomic mass is 9.72. The number of rotatable bonds is 7. The molecule has 1 heterocycles. The molecule has 0 amide bonds. The van der Waals surface area contributed by atoms with Crippen molar-refractivity contribution >= 4 is 11.5 Å². The van der Waals surface area contributed by atoms with E-state index in [0.717, 1.165) is 55.5 Å². The standard InChI is InChI=1S/C35H32F6O4/c1-17(42)22-10-12-24(31(38)29(22)36)25-13-15-27(34(41)32(25)39)35(43)45-21-8-6-19(7-9-21)18-2-4-20(5-3-18)23-11-14-26(28-16-44-28)33(40)30(23)37/h4,10-15,17-19,21,28,42H,2-3,5-9,16H2,1H3. The average Bonchev–Trinajstić information content (AvgIpc) is 3.87. The molecular weight excluding hydrogens is 598 g/mol. The topological polar surface area (TPSA) is 59.1 Å². The summed E-state index contributed by atoms with van der Waals surface area (Å²) in [5, 5.41) is 9.57. The molecule has 45 heavy (non-hydrogen) atoms. The van der Waals surface area contributed by atoms with E-state index in [0.29, 0.717) is 37.7 Å². The normalized spacial score (nSPS) is 23.8. The molecule has 1 saturated carbocycles. The fourth-order valence-corrected chi connectivity index (χ4v) is 6.72. The van der Waals surface area contributed by atoms with Gasteiger partial charge in [0.25, 0.3) is 0 Å². The summed E-state index contributed by atoms with van der Waals surface area (Å²) in [6.07, 6.45) is 4.58. The van der Waals surface area contributed by atoms with Crippen LogP contribution >= 0.6 is 0 Å². The number of allylic oxidation sites excluding steroid dienone is 2. The van der Waals surface area contributed by atoms with E-state index in [1.165, 1.54) is 6.92 Å². The Bertz CT molecular complexity index is 1660. The van der Waals surface area contributed by atoms with Crippen molar-refractivity contribution in [2.75, 3.05) is 6.61 Å². The van der Waals surface area contributed by atoms with Crippen LogP contribution in [0.3, 0.4) is 0 Å². The van der Waals surface area contributed by atoms with Crippen molar-refractivity contribution in [3.8, 4) is 11.1 Å². The summed E-state index contributed by atoms with van der Waals surface area (Å²) in [6, 6.07) is 7.31. The number of hydrogen-bond acceptors (Lipinski definition) is 4. The number of carbonyl (C=O) groups is 1. The van der Waals surface area contributed by atoms with Gasteiger partial charge in [-0.3, -0.25) is 0 Å². The van der Waals surface area contributed by atoms with Gasteiger partial charge in [-0.2, -0.15) is 0 Å². The third-order valence-corrected chi connectivity index (χ3v) is 9.40. The van der Waals surface area contributed by atoms with Crippen molar-refractivity contribution in [3.05, 3.63) is 99.6 Å². The van der Waals surface area contributed by atoms with Crippen LogP contribution in [0.1, 0.15) is 91.1 Å². The molecule has 0 bridgehead atoms. The van der Waals surface area contributed by atoms with E-state index in [1.807, 2.05) is 6.08 Å². The van der Waals surface area contributed by atoms with Gasteiger partial charge in [0.1, 0.15) is 12.2 Å². The lowest BCUT2D eigenvalue weighted by Crippen LogP contribution is -2.28. The molecule has 6 rings (SSSR count). The predicted octanol–water partition coefficient (Wildman–Crippen LogP) is 8.91. The smallest absolute Gasteiger partial charge is 0.341 e. The Kier molecular flexibility index (Phi) is 8.81. The highest BCUT2D eigenvalue weighted by molar-refractivity contribution is 5.90. The summed E-state index contributed by atoms with van der Waals surface area (Å²) in [6.45, 7) is 1.64. The molecule has 1 N–H and O–H groups in total. The fourth-order valence-electron chi connectivity index (χ4n) is 6.72. The van der Waals surface area contributed by atoms with Gasteiger partial charge in [0, 0.05) is 27.8 Å². The Balaban J connectivity index is 1.05. The molecule has 1 aliphatic heterocycles. The van der Waals surface area contributed by atoms with Crippen LogP contribution < -0.4 is 0 Å². The molecule has 238 valence electrons. The van der Waals surface area contributed by atoms with Gasteiger partial charge in [-0.05, 0) is 75.3 Å². The lowest BCUT2D eigenvalue weighted by molar-refractivity contribution is 0.0123. The molecule has 1 saturated heterocycles. The lowest BCUT2D eigenvalue weighted by Gasteiger charge is -2.35. The second-order valence-corrected chi connectivity index (χ2v) is 12.2. The van der Waals surface area contributed by atoms with Gasteiger partial charge in [-0.15, -0.1) is 0 Å². The first-order chi connectivity index (χ1) is 21.5. The molecule has 3 aromatic rings. The van der Waals surface area contributed by atoms with Gasteiger partial charge in [0.05, 0.1) is 18.3 Å². The van der Waals surface area contributed by atoms with Crippen LogP contribution in [-0.4, -0.2) is 23.8 Å². The van der Waals surface area contributed by atoms with E-state index in [2.05, 4.69) is 0 Å². The van der Waals surface area contributed by atoms with Crippen LogP contribution in [0.5, 0.6) is 0 Å². The largest absolute Gasteiger partial charge is 0.459 e. The first kappa shape index (κ1) is 31.4. The maximum atomic E-state index is 15.0. The van der Waals surface area contributed by atoms with Crippen molar-refractivity contribution in [2.45, 2.75) is 70.2 Å². The van der Waals surface area contributed by atoms with Crippen LogP contribution in [0.15, 0.2) is 42.5 Å². The molecule has 3 aromatic carbocycles. The van der Waals surface area contributed by atoms with Crippen molar-refractivity contribution in [1.29, 1.82) is 0 Å². The summed E-state index contributed by atoms with van der Waals surface area (Å²) >= 11 is 0. The maximum absolute atomic E-state index is 15.0. The molecule has 2 fully saturated rings. The minimum Gasteiger partial charge on any atom is -0.459 e. The number of carbonyl (C=O) groups excluding carboxylic acids is 1. The van der Waals surface area contributed by atoms with Crippen LogP contribution in [0, 0.1) is 46.7 Å². The first-order valence-corrected chi connectivity index (χ1v) is 15.2. The van der Waals surface area contributed by atoms with Gasteiger partial charge in [-0.25, -0.2) is 31.1 Å². The number of aliphatic hydroxyl groups excluding tert-OH is 1. The summed E-state index contributed by atoms with van der Waals surface area (Å²) in [4.78, 5) is 12.8. The molecule has 0 radical (unpaired) electrons. The first-order valence-electron chi connectivity index (χ1n) is 15.2. The Hall–Kier alpha value is -3.63. The van der Waals surface area contributed by atoms with Crippen molar-refractivity contribution < 1.29 is 45.7 Å². The monoisotopic (exact) mass is 630 g/mol. The van der Waals surface area contributed by atoms with E-state index >= 15 is 0 Å². The zero-order valence-corrected chi connectivity index (χ0v) is 24.5. The van der Waals surface area contributed by atoms with E-state index in [-0.39, 0.29) is 22.8 Å². The number of hydrogen-bond donors (Lipinski definition) is 1. The fraction of sp³-hybridized carbons (Fsp3) is 0.400. The van der Waals surface area contributed by atoms with Crippen molar-refractivity contribution in [2.24, 2.45) is 11.8 Å². The average molecular weight is 631 g/mol. The highest BCUT2D eigenvalue weighted by atomic mass is 19.2. The zero-order chi connectivity index (χ0) is 32.0. The SMILES string of the molecule is CC(O)c1ccc(-c2ccc(C(=O)OC3CCC(C4CC=C(c5ccc(C6CO6)c(F)c5F)CC4)CC3)c(F)c2F)c(F)c1F. The summed E-state index contributed by atoms with van der Waals surface area (Å²) in [5.74, 6) is -7.90. The Morgan fingerprint density at radius 1 is 0.778 bits per heavy atom. The minimum atomic E-state index is -1.53. The summed E-state index contributed by atoms with van der Waals surface area (Å²) in [5.41, 5.74) is -0.761. The maximum Gasteiger partial charge on any atom is 0.341 e. The molecule has 2 aliphatic carbocycles. The van der Waals surface area contributed by atoms with Gasteiger partial charge in [-0.1, -0.05) is 36.4 Å². The summed E-state index contributed by atoms with van der Waals surface area (Å²) < 4.78 is 98.8. The van der Waals surface area contributed by atoms with Crippen molar-refractivity contribution in [1.82, 2.24) is 0 Å². The predicted molar refractivity (Wildman–Crippen MR) is 154 cm³/mol. The van der Waals surface area contributed by atoms with Crippen LogP contribution in [-0.2, 0) is 9.47 Å². The van der Waals surface area contributed by atoms with E-state index in [9.17, 15) is 36.2 Å². The second-order valence-electron chi connectivity index (χ2n) is 12.2. The van der Waals surface area contributed by atoms with Gasteiger partial charge in [0.2, 0.25) is 0 Å². The van der Waals surface area contributed by atoms with Crippen LogP contribution in [0.4, 0.5) is 26.3 Å². The van der Waals surface area contributed by atoms with E-state index < -0.39 is 69.8 Å². The molecule has 10 heteroatoms. The number of esters is 1. The van der Waals surface area contributed by atoms with Gasteiger partial charge < -0.3 is 14.6 Å². The van der Waals surface area contributed by atoms with Crippen molar-refractivity contribution in [3.63, 3.8) is 0 Å². The third-order valence-electron chi connectivity index (χ3n) is 9.40. The number of halogens is 6. The Labute approximate surface area is 256 Å². The molecule has 3 unspecified atom stereocenters. The quantitative estimate of drug-likeness (QED) is 0.161. The molecule has 3 atom stereocenters. The third kappa shape index (κ3) is 6.14. The number of epoxide rings is 1. The van der Waals surface area contributed by atoms with Gasteiger partial charge in [0.15, 0.2) is 34.9 Å². The minimum absolute atomic E-state index is 0.250. The van der Waals surface area contributed by atoms with Crippen LogP contribution in [0.2, 0.25) is 0 Å². The number of benzene rings is 3. The van der Waals surface area contributed by atoms with Gasteiger partial charge >= 0.3 is 5.97 Å². The number of ether oxygens (including phenoxy) is 2. The highest BCUT2D eigenvalue weighted by Crippen LogP contribution is 2.42. The van der Waals surface area contributed by atoms with E-state index in [4.69, 9.17) is 9.47 Å². The number of aliphatic hydroxyl groups is 1. The molecular formula is C35H32F6O4. The molecule has 0 spiro atoms. The molecule has 0 aromatic heterocycles.